The zero-order chi connectivity index (χ0) is 20.2. The number of anilines is 1. The smallest absolute Gasteiger partial charge is 0.278 e. The van der Waals surface area contributed by atoms with Gasteiger partial charge in [0.2, 0.25) is 0 Å². The molecule has 1 aromatic heterocycles. The van der Waals surface area contributed by atoms with Gasteiger partial charge < -0.3 is 5.32 Å². The number of hydrogen-bond acceptors (Lipinski definition) is 5. The van der Waals surface area contributed by atoms with Crippen molar-refractivity contribution in [1.29, 1.82) is 0 Å². The number of rotatable bonds is 5. The lowest BCUT2D eigenvalue weighted by Gasteiger charge is -2.07. The van der Waals surface area contributed by atoms with E-state index in [1.165, 1.54) is 0 Å². The molecule has 29 heavy (non-hydrogen) atoms. The van der Waals surface area contributed by atoms with Crippen molar-refractivity contribution < 1.29 is 9.59 Å². The summed E-state index contributed by atoms with van der Waals surface area (Å²) in [7, 11) is 0. The first-order valence-electron chi connectivity index (χ1n) is 8.94. The highest BCUT2D eigenvalue weighted by Gasteiger charge is 2.12. The van der Waals surface area contributed by atoms with Gasteiger partial charge in [-0.15, -0.1) is 5.10 Å². The van der Waals surface area contributed by atoms with Crippen LogP contribution in [0.3, 0.4) is 0 Å². The first-order valence-corrected chi connectivity index (χ1v) is 8.94. The van der Waals surface area contributed by atoms with Crippen LogP contribution in [0, 0.1) is 0 Å². The van der Waals surface area contributed by atoms with Gasteiger partial charge in [-0.05, 0) is 48.5 Å². The van der Waals surface area contributed by atoms with Crippen molar-refractivity contribution in [2.24, 2.45) is 0 Å². The standard InChI is InChI=1S/C22H16N4O3/c27-20(14-26-22(29)18-8-4-5-9-19(18)24-25-26)15-10-12-17(13-11-15)23-21(28)16-6-2-1-3-7-16/h1-13H,14H2,(H,23,28). The SMILES string of the molecule is O=C(Cn1nnc2ccccc2c1=O)c1ccc(NC(=O)c2ccccc2)cc1. The number of benzene rings is 3. The molecule has 4 rings (SSSR count). The number of carbonyl (C=O) groups excluding carboxylic acids is 2. The minimum Gasteiger partial charge on any atom is -0.322 e. The Hall–Kier alpha value is -4.13. The van der Waals surface area contributed by atoms with Crippen molar-refractivity contribution in [3.63, 3.8) is 0 Å². The third-order valence-electron chi connectivity index (χ3n) is 4.42. The Balaban J connectivity index is 1.48. The third kappa shape index (κ3) is 3.93. The second kappa shape index (κ2) is 7.85. The summed E-state index contributed by atoms with van der Waals surface area (Å²) in [5, 5.41) is 11.0. The van der Waals surface area contributed by atoms with Crippen LogP contribution in [0.5, 0.6) is 0 Å². The van der Waals surface area contributed by atoms with E-state index in [0.29, 0.717) is 27.7 Å². The minimum absolute atomic E-state index is 0.216. The number of carbonyl (C=O) groups is 2. The number of fused-ring (bicyclic) bond motifs is 1. The van der Waals surface area contributed by atoms with E-state index in [-0.39, 0.29) is 23.8 Å². The largest absolute Gasteiger partial charge is 0.322 e. The number of ketones is 1. The van der Waals surface area contributed by atoms with Gasteiger partial charge in [-0.3, -0.25) is 14.4 Å². The van der Waals surface area contributed by atoms with Crippen molar-refractivity contribution >= 4 is 28.3 Å². The Morgan fingerprint density at radius 1 is 0.828 bits per heavy atom. The van der Waals surface area contributed by atoms with Crippen LogP contribution in [0.15, 0.2) is 83.7 Å². The summed E-state index contributed by atoms with van der Waals surface area (Å²) in [6, 6.07) is 22.2. The Kier molecular flexibility index (Phi) is 4.94. The van der Waals surface area contributed by atoms with Crippen molar-refractivity contribution in [3.05, 3.63) is 100 Å². The van der Waals surface area contributed by atoms with Crippen molar-refractivity contribution in [1.82, 2.24) is 15.0 Å². The summed E-state index contributed by atoms with van der Waals surface area (Å²) in [6.45, 7) is -0.216. The van der Waals surface area contributed by atoms with Gasteiger partial charge in [0.05, 0.1) is 5.39 Å². The minimum atomic E-state index is -0.365. The van der Waals surface area contributed by atoms with Crippen LogP contribution in [0.1, 0.15) is 20.7 Å². The second-order valence-electron chi connectivity index (χ2n) is 6.39. The highest BCUT2D eigenvalue weighted by Crippen LogP contribution is 2.12. The molecule has 1 N–H and O–H groups in total. The zero-order valence-corrected chi connectivity index (χ0v) is 15.3. The van der Waals surface area contributed by atoms with Crippen molar-refractivity contribution in [2.75, 3.05) is 5.32 Å². The molecular weight excluding hydrogens is 368 g/mol. The molecule has 142 valence electrons. The van der Waals surface area contributed by atoms with Crippen LogP contribution >= 0.6 is 0 Å². The van der Waals surface area contributed by atoms with Gasteiger partial charge in [0.15, 0.2) is 5.78 Å². The van der Waals surface area contributed by atoms with E-state index in [1.807, 2.05) is 6.07 Å². The number of aromatic nitrogens is 3. The van der Waals surface area contributed by atoms with E-state index in [2.05, 4.69) is 15.6 Å². The average molecular weight is 384 g/mol. The topological polar surface area (TPSA) is 93.9 Å². The molecule has 0 saturated heterocycles. The van der Waals surface area contributed by atoms with E-state index >= 15 is 0 Å². The lowest BCUT2D eigenvalue weighted by Crippen LogP contribution is -2.27. The van der Waals surface area contributed by atoms with E-state index in [0.717, 1.165) is 4.68 Å². The fourth-order valence-electron chi connectivity index (χ4n) is 2.89. The molecule has 0 spiro atoms. The summed E-state index contributed by atoms with van der Waals surface area (Å²) in [5.74, 6) is -0.514. The van der Waals surface area contributed by atoms with Crippen LogP contribution < -0.4 is 10.9 Å². The molecule has 0 fully saturated rings. The first kappa shape index (κ1) is 18.2. The lowest BCUT2D eigenvalue weighted by atomic mass is 10.1. The lowest BCUT2D eigenvalue weighted by molar-refractivity contribution is 0.0964. The molecule has 0 aliphatic rings. The van der Waals surface area contributed by atoms with Crippen LogP contribution in [0.2, 0.25) is 0 Å². The molecule has 0 bridgehead atoms. The van der Waals surface area contributed by atoms with E-state index in [4.69, 9.17) is 0 Å². The van der Waals surface area contributed by atoms with E-state index in [9.17, 15) is 14.4 Å². The maximum Gasteiger partial charge on any atom is 0.278 e. The molecule has 7 heteroatoms. The predicted molar refractivity (Wildman–Crippen MR) is 109 cm³/mol. The van der Waals surface area contributed by atoms with E-state index in [1.54, 1.807) is 72.8 Å². The van der Waals surface area contributed by atoms with Crippen LogP contribution in [-0.2, 0) is 6.54 Å². The molecule has 1 amide bonds. The molecule has 1 heterocycles. The summed E-state index contributed by atoms with van der Waals surface area (Å²) in [6.07, 6.45) is 0. The number of Topliss-reactive ketones (excluding diaryl/α,β-unsaturated/α-hetero) is 1. The van der Waals surface area contributed by atoms with Gasteiger partial charge in [0, 0.05) is 16.8 Å². The molecule has 0 unspecified atom stereocenters. The summed E-state index contributed by atoms with van der Waals surface area (Å²) >= 11 is 0. The molecule has 0 atom stereocenters. The van der Waals surface area contributed by atoms with Crippen molar-refractivity contribution in [2.45, 2.75) is 6.54 Å². The molecule has 0 aliphatic heterocycles. The molecule has 4 aromatic rings. The average Bonchev–Trinajstić information content (AvgIpc) is 2.77. The normalized spacial score (nSPS) is 10.6. The molecular formula is C22H16N4O3. The van der Waals surface area contributed by atoms with Crippen LogP contribution in [-0.4, -0.2) is 26.7 Å². The monoisotopic (exact) mass is 384 g/mol. The Labute approximate surface area is 165 Å². The van der Waals surface area contributed by atoms with Crippen LogP contribution in [0.25, 0.3) is 10.9 Å². The van der Waals surface area contributed by atoms with Gasteiger partial charge in [-0.25, -0.2) is 4.68 Å². The fourth-order valence-corrected chi connectivity index (χ4v) is 2.89. The van der Waals surface area contributed by atoms with Gasteiger partial charge in [-0.2, -0.15) is 0 Å². The maximum atomic E-state index is 12.5. The molecule has 7 nitrogen and oxygen atoms in total. The predicted octanol–water partition coefficient (Wildman–Crippen LogP) is 2.93. The second-order valence-corrected chi connectivity index (χ2v) is 6.39. The van der Waals surface area contributed by atoms with Gasteiger partial charge in [0.1, 0.15) is 12.1 Å². The highest BCUT2D eigenvalue weighted by molar-refractivity contribution is 6.04. The maximum absolute atomic E-state index is 12.5. The fraction of sp³-hybridized carbons (Fsp3) is 0.0455. The van der Waals surface area contributed by atoms with Crippen LogP contribution in [0.4, 0.5) is 5.69 Å². The molecule has 0 saturated carbocycles. The summed E-state index contributed by atoms with van der Waals surface area (Å²) in [5.41, 5.74) is 1.64. The number of nitrogens with one attached hydrogen (secondary N) is 1. The summed E-state index contributed by atoms with van der Waals surface area (Å²) < 4.78 is 1.05. The molecule has 0 radical (unpaired) electrons. The van der Waals surface area contributed by atoms with Gasteiger partial charge in [-0.1, -0.05) is 35.5 Å². The Morgan fingerprint density at radius 3 is 2.28 bits per heavy atom. The Bertz CT molecular complexity index is 1250. The van der Waals surface area contributed by atoms with Crippen molar-refractivity contribution in [3.8, 4) is 0 Å². The quantitative estimate of drug-likeness (QED) is 0.534. The Morgan fingerprint density at radius 2 is 1.52 bits per heavy atom. The number of amides is 1. The van der Waals surface area contributed by atoms with Gasteiger partial charge in [0.25, 0.3) is 11.5 Å². The third-order valence-corrected chi connectivity index (χ3v) is 4.42. The molecule has 0 aliphatic carbocycles. The first-order chi connectivity index (χ1) is 14.1. The number of nitrogens with zero attached hydrogens (tertiary/aromatic N) is 3. The van der Waals surface area contributed by atoms with E-state index < -0.39 is 0 Å². The number of hydrogen-bond donors (Lipinski definition) is 1. The highest BCUT2D eigenvalue weighted by atomic mass is 16.2. The zero-order valence-electron chi connectivity index (χ0n) is 15.3. The van der Waals surface area contributed by atoms with Gasteiger partial charge >= 0.3 is 0 Å². The summed E-state index contributed by atoms with van der Waals surface area (Å²) in [4.78, 5) is 37.2. The molecule has 3 aromatic carbocycles.